The van der Waals surface area contributed by atoms with Crippen LogP contribution in [0.15, 0.2) is 48.6 Å². The number of fused-ring (bicyclic) bond motifs is 3. The minimum absolute atomic E-state index is 0.175. The molecular formula is C28H36SiZr. The van der Waals surface area contributed by atoms with E-state index in [2.05, 4.69) is 76.2 Å². The molecule has 0 aromatic heterocycles. The van der Waals surface area contributed by atoms with Crippen molar-refractivity contribution in [3.63, 3.8) is 0 Å². The summed E-state index contributed by atoms with van der Waals surface area (Å²) in [7, 11) is 0. The topological polar surface area (TPSA) is 0 Å². The van der Waals surface area contributed by atoms with Crippen LogP contribution in [-0.2, 0) is 29.8 Å². The van der Waals surface area contributed by atoms with Crippen molar-refractivity contribution >= 4 is 5.43 Å². The molecule has 0 saturated heterocycles. The molecule has 2 aromatic carbocycles. The maximum atomic E-state index is 3.45. The van der Waals surface area contributed by atoms with Gasteiger partial charge in [-0.3, -0.25) is 6.08 Å². The molecule has 0 saturated carbocycles. The van der Waals surface area contributed by atoms with E-state index in [0.717, 1.165) is 12.8 Å². The molecule has 0 N–H and O–H groups in total. The van der Waals surface area contributed by atoms with Crippen LogP contribution in [0.5, 0.6) is 0 Å². The molecule has 0 amide bonds. The van der Waals surface area contributed by atoms with E-state index >= 15 is 0 Å². The molecule has 0 radical (unpaired) electrons. The summed E-state index contributed by atoms with van der Waals surface area (Å²) in [5.74, 6) is 0. The van der Waals surface area contributed by atoms with Gasteiger partial charge in [0.05, 0.1) is 0 Å². The van der Waals surface area contributed by atoms with E-state index in [9.17, 15) is 0 Å². The number of rotatable bonds is 6. The smallest absolute Gasteiger partial charge is 0.0253 e. The van der Waals surface area contributed by atoms with Crippen molar-refractivity contribution in [3.8, 4) is 11.1 Å². The summed E-state index contributed by atoms with van der Waals surface area (Å²) < 4.78 is 0. The zero-order valence-corrected chi connectivity index (χ0v) is 22.7. The minimum Gasteiger partial charge on any atom is -0.273 e. The molecule has 4 rings (SSSR count). The number of aryl methyl sites for hydroxylation is 2. The summed E-state index contributed by atoms with van der Waals surface area (Å²) in [6.45, 7) is 8.85. The van der Waals surface area contributed by atoms with Crippen LogP contribution < -0.4 is 0 Å². The van der Waals surface area contributed by atoms with Crippen molar-refractivity contribution in [2.24, 2.45) is 0 Å². The van der Waals surface area contributed by atoms with E-state index < -0.39 is 0 Å². The summed E-state index contributed by atoms with van der Waals surface area (Å²) >= 11 is 1.86. The molecule has 0 atom stereocenters. The van der Waals surface area contributed by atoms with Gasteiger partial charge < -0.3 is 0 Å². The second-order valence-electron chi connectivity index (χ2n) is 8.18. The molecular weight excluding hydrogens is 456 g/mol. The van der Waals surface area contributed by atoms with Gasteiger partial charge in [-0.05, 0) is 18.9 Å². The van der Waals surface area contributed by atoms with Gasteiger partial charge >= 0.3 is 80.4 Å². The van der Waals surface area contributed by atoms with Crippen LogP contribution in [0.2, 0.25) is 12.1 Å². The first-order valence-corrected chi connectivity index (χ1v) is 17.0. The van der Waals surface area contributed by atoms with Crippen LogP contribution in [0, 0.1) is 26.0 Å². The average molecular weight is 492 g/mol. The third-order valence-corrected chi connectivity index (χ3v) is 10.9. The standard InChI is InChI=1S/C15H13.C8H18Si.C5H5.Zr/c1-10-3-5-14-12(7-10)9-13-8-11(2)4-6-15(13)14;1-3-5-7-9-8-6-4-2;1-2-4-5-3-1;/h3-7H,9H2,1-2H3;3-8H2,1-2H3;1-3H,4H2;/q-1;;-1;+2. The Morgan fingerprint density at radius 1 is 0.967 bits per heavy atom. The van der Waals surface area contributed by atoms with Crippen LogP contribution in [0.3, 0.4) is 0 Å². The molecule has 30 heavy (non-hydrogen) atoms. The van der Waals surface area contributed by atoms with Gasteiger partial charge in [0.15, 0.2) is 0 Å². The fourth-order valence-electron chi connectivity index (χ4n) is 3.62. The van der Waals surface area contributed by atoms with E-state index in [4.69, 9.17) is 0 Å². The van der Waals surface area contributed by atoms with Gasteiger partial charge in [-0.15, -0.1) is 17.5 Å². The fourth-order valence-corrected chi connectivity index (χ4v) is 8.03. The SMILES string of the molecule is CCCC[Si](=[Zr+2])CCCC.Cc1[c-]c2c(cc1)-c1ccc(C)cc1C2.[C-]1=CC=CC1. The summed E-state index contributed by atoms with van der Waals surface area (Å²) in [5, 5.41) is 0. The largest absolute Gasteiger partial charge is 0.273 e. The third kappa shape index (κ3) is 8.64. The molecule has 0 heterocycles. The summed E-state index contributed by atoms with van der Waals surface area (Å²) in [4.78, 5) is 0. The summed E-state index contributed by atoms with van der Waals surface area (Å²) in [6, 6.07) is 17.7. The van der Waals surface area contributed by atoms with Crippen molar-refractivity contribution in [1.82, 2.24) is 0 Å². The molecule has 156 valence electrons. The van der Waals surface area contributed by atoms with Crippen molar-refractivity contribution in [3.05, 3.63) is 83.0 Å². The van der Waals surface area contributed by atoms with Gasteiger partial charge in [-0.2, -0.15) is 29.8 Å². The van der Waals surface area contributed by atoms with Crippen molar-refractivity contribution in [1.29, 1.82) is 0 Å². The predicted molar refractivity (Wildman–Crippen MR) is 130 cm³/mol. The Morgan fingerprint density at radius 3 is 2.23 bits per heavy atom. The first-order chi connectivity index (χ1) is 14.5. The first-order valence-electron chi connectivity index (χ1n) is 11.4. The molecule has 0 aliphatic heterocycles. The fraction of sp³-hybridized carbons (Fsp3) is 0.429. The quantitative estimate of drug-likeness (QED) is 0.241. The number of unbranched alkanes of at least 4 members (excludes halogenated alkanes) is 2. The molecule has 0 bridgehead atoms. The Balaban J connectivity index is 0.000000184. The number of hydrogen-bond donors (Lipinski definition) is 0. The molecule has 0 nitrogen and oxygen atoms in total. The van der Waals surface area contributed by atoms with Gasteiger partial charge in [0.2, 0.25) is 0 Å². The zero-order chi connectivity index (χ0) is 21.8. The number of hydrogen-bond acceptors (Lipinski definition) is 0. The minimum atomic E-state index is 0.175. The maximum absolute atomic E-state index is 3.45. The Labute approximate surface area is 200 Å². The Morgan fingerprint density at radius 2 is 1.67 bits per heavy atom. The monoisotopic (exact) mass is 490 g/mol. The van der Waals surface area contributed by atoms with Gasteiger partial charge in [-0.1, -0.05) is 36.2 Å². The van der Waals surface area contributed by atoms with Crippen LogP contribution in [0.25, 0.3) is 11.1 Å². The van der Waals surface area contributed by atoms with Crippen LogP contribution >= 0.6 is 0 Å². The van der Waals surface area contributed by atoms with Gasteiger partial charge in [0.1, 0.15) is 0 Å². The van der Waals surface area contributed by atoms with E-state index in [-0.39, 0.29) is 5.43 Å². The predicted octanol–water partition coefficient (Wildman–Crippen LogP) is 8.11. The number of benzene rings is 2. The van der Waals surface area contributed by atoms with Crippen molar-refractivity contribution in [2.75, 3.05) is 0 Å². The summed E-state index contributed by atoms with van der Waals surface area (Å²) in [6.07, 6.45) is 16.8. The molecule has 2 aliphatic carbocycles. The van der Waals surface area contributed by atoms with Crippen LogP contribution in [0.4, 0.5) is 0 Å². The maximum Gasteiger partial charge on any atom is -0.0253 e. The molecule has 2 heteroatoms. The molecule has 2 aliphatic rings. The third-order valence-electron chi connectivity index (χ3n) is 5.34. The second kappa shape index (κ2) is 14.2. The molecule has 2 aromatic rings. The van der Waals surface area contributed by atoms with E-state index in [1.54, 1.807) is 12.1 Å². The first kappa shape index (κ1) is 25.3. The molecule has 0 spiro atoms. The normalized spacial score (nSPS) is 12.5. The van der Waals surface area contributed by atoms with Crippen molar-refractivity contribution in [2.45, 2.75) is 78.3 Å². The zero-order valence-electron chi connectivity index (χ0n) is 19.3. The van der Waals surface area contributed by atoms with Gasteiger partial charge in [0, 0.05) is 0 Å². The second-order valence-corrected chi connectivity index (χ2v) is 15.6. The number of allylic oxidation sites excluding steroid dienone is 4. The van der Waals surface area contributed by atoms with Gasteiger partial charge in [-0.25, -0.2) is 12.2 Å². The van der Waals surface area contributed by atoms with E-state index in [1.165, 1.54) is 59.1 Å². The summed E-state index contributed by atoms with van der Waals surface area (Å²) in [5.41, 5.74) is 8.33. The average Bonchev–Trinajstić information content (AvgIpc) is 3.41. The molecule has 0 fully saturated rings. The van der Waals surface area contributed by atoms with E-state index in [1.807, 2.05) is 35.5 Å². The molecule has 0 unspecified atom stereocenters. The Bertz CT molecular complexity index is 807. The van der Waals surface area contributed by atoms with Gasteiger partial charge in [0.25, 0.3) is 0 Å². The van der Waals surface area contributed by atoms with Crippen LogP contribution in [-0.4, -0.2) is 5.43 Å². The Kier molecular flexibility index (Phi) is 11.9. The van der Waals surface area contributed by atoms with Crippen molar-refractivity contribution < 1.29 is 23.3 Å². The van der Waals surface area contributed by atoms with Crippen LogP contribution in [0.1, 0.15) is 68.2 Å². The Hall–Kier alpha value is -0.980. The van der Waals surface area contributed by atoms with E-state index in [0.29, 0.717) is 0 Å².